The molecule has 0 spiro atoms. The maximum Gasteiger partial charge on any atom is 0.310 e. The molecule has 16 heavy (non-hydrogen) atoms. The zero-order valence-electron chi connectivity index (χ0n) is 9.58. The van der Waals surface area contributed by atoms with Crippen LogP contribution in [0, 0.1) is 11.3 Å². The van der Waals surface area contributed by atoms with Gasteiger partial charge in [0.15, 0.2) is 0 Å². The molecule has 0 aliphatic heterocycles. The van der Waals surface area contributed by atoms with E-state index in [1.54, 1.807) is 6.07 Å². The number of hydrogen-bond donors (Lipinski definition) is 2. The van der Waals surface area contributed by atoms with Crippen LogP contribution < -0.4 is 10.6 Å². The maximum absolute atomic E-state index is 11.3. The van der Waals surface area contributed by atoms with Gasteiger partial charge in [0, 0.05) is 7.11 Å². The molecule has 2 N–H and O–H groups in total. The van der Waals surface area contributed by atoms with Gasteiger partial charge in [-0.2, -0.15) is 5.26 Å². The first-order chi connectivity index (χ1) is 7.65. The predicted octanol–water partition coefficient (Wildman–Crippen LogP) is -0.443. The van der Waals surface area contributed by atoms with Crippen LogP contribution in [0.1, 0.15) is 19.8 Å². The van der Waals surface area contributed by atoms with E-state index in [-0.39, 0.29) is 12.6 Å². The van der Waals surface area contributed by atoms with E-state index < -0.39 is 11.8 Å². The van der Waals surface area contributed by atoms with Gasteiger partial charge in [-0.05, 0) is 6.42 Å². The molecule has 0 aromatic heterocycles. The third-order valence-electron chi connectivity index (χ3n) is 1.87. The number of methoxy groups -OCH3 is 1. The Morgan fingerprint density at radius 3 is 2.62 bits per heavy atom. The summed E-state index contributed by atoms with van der Waals surface area (Å²) in [7, 11) is 1.53. The molecule has 0 aromatic rings. The van der Waals surface area contributed by atoms with Crippen molar-refractivity contribution >= 4 is 11.8 Å². The van der Waals surface area contributed by atoms with Crippen LogP contribution >= 0.6 is 0 Å². The standard InChI is InChI=1S/C10H17N3O3/c1-3-4-8(7-16-2)13-10(15)9(14)12-6-5-11/h8H,3-4,6-7H2,1-2H3,(H,12,14)(H,13,15). The fourth-order valence-electron chi connectivity index (χ4n) is 1.20. The Morgan fingerprint density at radius 1 is 1.44 bits per heavy atom. The number of amides is 2. The summed E-state index contributed by atoms with van der Waals surface area (Å²) in [5.41, 5.74) is 0. The lowest BCUT2D eigenvalue weighted by molar-refractivity contribution is -0.139. The average Bonchev–Trinajstić information content (AvgIpc) is 2.26. The van der Waals surface area contributed by atoms with Crippen LogP contribution in [0.2, 0.25) is 0 Å². The zero-order valence-corrected chi connectivity index (χ0v) is 9.58. The molecule has 6 heteroatoms. The van der Waals surface area contributed by atoms with Crippen molar-refractivity contribution in [2.45, 2.75) is 25.8 Å². The number of rotatable bonds is 6. The molecule has 1 atom stereocenters. The second kappa shape index (κ2) is 8.68. The largest absolute Gasteiger partial charge is 0.383 e. The summed E-state index contributed by atoms with van der Waals surface area (Å²) < 4.78 is 4.92. The third kappa shape index (κ3) is 5.98. The van der Waals surface area contributed by atoms with Crippen LogP contribution in [0.3, 0.4) is 0 Å². The van der Waals surface area contributed by atoms with E-state index in [1.165, 1.54) is 7.11 Å². The van der Waals surface area contributed by atoms with E-state index >= 15 is 0 Å². The van der Waals surface area contributed by atoms with Crippen molar-refractivity contribution in [3.63, 3.8) is 0 Å². The first-order valence-corrected chi connectivity index (χ1v) is 5.10. The first-order valence-electron chi connectivity index (χ1n) is 5.10. The smallest absolute Gasteiger partial charge is 0.310 e. The first kappa shape index (κ1) is 14.4. The van der Waals surface area contributed by atoms with Crippen LogP contribution in [0.5, 0.6) is 0 Å². The molecule has 0 saturated carbocycles. The van der Waals surface area contributed by atoms with Gasteiger partial charge in [-0.25, -0.2) is 0 Å². The highest BCUT2D eigenvalue weighted by Crippen LogP contribution is 1.96. The Balaban J connectivity index is 4.07. The molecular weight excluding hydrogens is 210 g/mol. The molecule has 6 nitrogen and oxygen atoms in total. The van der Waals surface area contributed by atoms with Crippen LogP contribution in [0.15, 0.2) is 0 Å². The van der Waals surface area contributed by atoms with Crippen molar-refractivity contribution in [1.29, 1.82) is 5.26 Å². The summed E-state index contributed by atoms with van der Waals surface area (Å²) in [4.78, 5) is 22.5. The van der Waals surface area contributed by atoms with Crippen molar-refractivity contribution in [1.82, 2.24) is 10.6 Å². The monoisotopic (exact) mass is 227 g/mol. The predicted molar refractivity (Wildman–Crippen MR) is 57.3 cm³/mol. The maximum atomic E-state index is 11.3. The summed E-state index contributed by atoms with van der Waals surface area (Å²) in [5, 5.41) is 12.9. The SMILES string of the molecule is CCCC(COC)NC(=O)C(=O)NCC#N. The van der Waals surface area contributed by atoms with Gasteiger partial charge in [0.1, 0.15) is 6.54 Å². The number of ether oxygens (including phenoxy) is 1. The molecule has 0 heterocycles. The molecule has 2 amide bonds. The van der Waals surface area contributed by atoms with E-state index in [0.29, 0.717) is 6.61 Å². The summed E-state index contributed by atoms with van der Waals surface area (Å²) in [6, 6.07) is 1.55. The van der Waals surface area contributed by atoms with Crippen molar-refractivity contribution < 1.29 is 14.3 Å². The fraction of sp³-hybridized carbons (Fsp3) is 0.700. The summed E-state index contributed by atoms with van der Waals surface area (Å²) >= 11 is 0. The normalized spacial score (nSPS) is 11.3. The number of carbonyl (C=O) groups is 2. The van der Waals surface area contributed by atoms with Crippen molar-refractivity contribution in [2.75, 3.05) is 20.3 Å². The molecule has 0 saturated heterocycles. The third-order valence-corrected chi connectivity index (χ3v) is 1.87. The molecule has 1 unspecified atom stereocenters. The van der Waals surface area contributed by atoms with Gasteiger partial charge < -0.3 is 15.4 Å². The van der Waals surface area contributed by atoms with Gasteiger partial charge in [0.25, 0.3) is 0 Å². The Hall–Kier alpha value is -1.61. The van der Waals surface area contributed by atoms with Crippen LogP contribution in [0.4, 0.5) is 0 Å². The number of nitrogens with one attached hydrogen (secondary N) is 2. The molecule has 0 fully saturated rings. The summed E-state index contributed by atoms with van der Waals surface area (Å²) in [6.45, 7) is 2.17. The molecule has 0 aromatic carbocycles. The lowest BCUT2D eigenvalue weighted by Gasteiger charge is -2.16. The Kier molecular flexibility index (Phi) is 7.81. The molecule has 0 radical (unpaired) electrons. The van der Waals surface area contributed by atoms with Crippen LogP contribution in [-0.4, -0.2) is 38.1 Å². The van der Waals surface area contributed by atoms with Crippen molar-refractivity contribution in [2.24, 2.45) is 0 Å². The second-order valence-corrected chi connectivity index (χ2v) is 3.26. The minimum absolute atomic E-state index is 0.171. The fourth-order valence-corrected chi connectivity index (χ4v) is 1.20. The molecule has 0 aliphatic rings. The Morgan fingerprint density at radius 2 is 2.12 bits per heavy atom. The van der Waals surface area contributed by atoms with Gasteiger partial charge in [0.05, 0.1) is 18.7 Å². The topological polar surface area (TPSA) is 91.2 Å². The minimum Gasteiger partial charge on any atom is -0.383 e. The lowest BCUT2D eigenvalue weighted by atomic mass is 10.2. The number of carbonyl (C=O) groups excluding carboxylic acids is 2. The molecule has 0 rings (SSSR count). The second-order valence-electron chi connectivity index (χ2n) is 3.26. The highest BCUT2D eigenvalue weighted by molar-refractivity contribution is 6.35. The van der Waals surface area contributed by atoms with E-state index in [1.807, 2.05) is 6.92 Å². The summed E-state index contributed by atoms with van der Waals surface area (Å²) in [6.07, 6.45) is 1.62. The summed E-state index contributed by atoms with van der Waals surface area (Å²) in [5.74, 6) is -1.52. The van der Waals surface area contributed by atoms with Crippen molar-refractivity contribution in [3.05, 3.63) is 0 Å². The highest BCUT2D eigenvalue weighted by Gasteiger charge is 2.17. The number of nitriles is 1. The molecule has 0 bridgehead atoms. The quantitative estimate of drug-likeness (QED) is 0.475. The van der Waals surface area contributed by atoms with E-state index in [9.17, 15) is 9.59 Å². The van der Waals surface area contributed by atoms with Crippen LogP contribution in [0.25, 0.3) is 0 Å². The zero-order chi connectivity index (χ0) is 12.4. The molecule has 0 aliphatic carbocycles. The molecular formula is C10H17N3O3. The van der Waals surface area contributed by atoms with Gasteiger partial charge in [-0.3, -0.25) is 9.59 Å². The Labute approximate surface area is 95.0 Å². The number of hydrogen-bond acceptors (Lipinski definition) is 4. The van der Waals surface area contributed by atoms with E-state index in [2.05, 4.69) is 10.6 Å². The average molecular weight is 227 g/mol. The van der Waals surface area contributed by atoms with Crippen molar-refractivity contribution in [3.8, 4) is 6.07 Å². The Bertz CT molecular complexity index is 267. The minimum atomic E-state index is -0.793. The van der Waals surface area contributed by atoms with Crippen LogP contribution in [-0.2, 0) is 14.3 Å². The van der Waals surface area contributed by atoms with Gasteiger partial charge in [-0.1, -0.05) is 13.3 Å². The number of nitrogens with zero attached hydrogens (tertiary/aromatic N) is 1. The van der Waals surface area contributed by atoms with Gasteiger partial charge in [0.2, 0.25) is 0 Å². The van der Waals surface area contributed by atoms with Gasteiger partial charge in [-0.15, -0.1) is 0 Å². The lowest BCUT2D eigenvalue weighted by Crippen LogP contribution is -2.46. The van der Waals surface area contributed by atoms with E-state index in [4.69, 9.17) is 10.00 Å². The highest BCUT2D eigenvalue weighted by atomic mass is 16.5. The molecule has 90 valence electrons. The van der Waals surface area contributed by atoms with E-state index in [0.717, 1.165) is 12.8 Å². The van der Waals surface area contributed by atoms with Gasteiger partial charge >= 0.3 is 11.8 Å².